The van der Waals surface area contributed by atoms with E-state index in [0.29, 0.717) is 18.5 Å². The standard InChI is InChI=1S/C14H28N2O2/c1-4-6-7-12-8-13(15-5-2)10-16(9-12)11-14(17)18-3/h12-13,15H,4-11H2,1-3H3. The van der Waals surface area contributed by atoms with Crippen LogP contribution in [0.3, 0.4) is 0 Å². The molecule has 0 aliphatic carbocycles. The van der Waals surface area contributed by atoms with Gasteiger partial charge in [0.1, 0.15) is 0 Å². The average molecular weight is 256 g/mol. The average Bonchev–Trinajstić information content (AvgIpc) is 2.36. The summed E-state index contributed by atoms with van der Waals surface area (Å²) < 4.78 is 4.76. The summed E-state index contributed by atoms with van der Waals surface area (Å²) in [6.07, 6.45) is 5.05. The Morgan fingerprint density at radius 3 is 2.78 bits per heavy atom. The highest BCUT2D eigenvalue weighted by molar-refractivity contribution is 5.71. The summed E-state index contributed by atoms with van der Waals surface area (Å²) in [7, 11) is 1.46. The van der Waals surface area contributed by atoms with Crippen LogP contribution in [-0.2, 0) is 9.53 Å². The number of unbranched alkanes of at least 4 members (excludes halogenated alkanes) is 1. The first-order valence-electron chi connectivity index (χ1n) is 7.22. The summed E-state index contributed by atoms with van der Waals surface area (Å²) in [6, 6.07) is 0.523. The number of nitrogens with zero attached hydrogens (tertiary/aromatic N) is 1. The highest BCUT2D eigenvalue weighted by Gasteiger charge is 2.27. The van der Waals surface area contributed by atoms with Gasteiger partial charge in [-0.2, -0.15) is 0 Å². The first-order valence-corrected chi connectivity index (χ1v) is 7.22. The fourth-order valence-electron chi connectivity index (χ4n) is 2.82. The van der Waals surface area contributed by atoms with Crippen molar-refractivity contribution in [3.05, 3.63) is 0 Å². The molecule has 0 aromatic rings. The molecule has 2 unspecified atom stereocenters. The summed E-state index contributed by atoms with van der Waals surface area (Å²) in [5.74, 6) is 0.591. The van der Waals surface area contributed by atoms with E-state index in [0.717, 1.165) is 19.6 Å². The maximum absolute atomic E-state index is 11.4. The lowest BCUT2D eigenvalue weighted by Gasteiger charge is -2.37. The highest BCUT2D eigenvalue weighted by atomic mass is 16.5. The predicted molar refractivity (Wildman–Crippen MR) is 73.6 cm³/mol. The zero-order valence-corrected chi connectivity index (χ0v) is 12.1. The van der Waals surface area contributed by atoms with E-state index in [-0.39, 0.29) is 5.97 Å². The molecule has 1 fully saturated rings. The van der Waals surface area contributed by atoms with Crippen LogP contribution in [0.4, 0.5) is 0 Å². The van der Waals surface area contributed by atoms with Gasteiger partial charge in [0.2, 0.25) is 0 Å². The number of methoxy groups -OCH3 is 1. The molecule has 4 nitrogen and oxygen atoms in total. The molecule has 4 heteroatoms. The van der Waals surface area contributed by atoms with Crippen molar-refractivity contribution in [1.29, 1.82) is 0 Å². The van der Waals surface area contributed by atoms with Gasteiger partial charge in [-0.15, -0.1) is 0 Å². The number of hydrogen-bond donors (Lipinski definition) is 1. The number of hydrogen-bond acceptors (Lipinski definition) is 4. The number of esters is 1. The third-order valence-corrected chi connectivity index (χ3v) is 3.65. The molecule has 0 radical (unpaired) electrons. The van der Waals surface area contributed by atoms with Crippen molar-refractivity contribution in [3.8, 4) is 0 Å². The molecule has 0 saturated carbocycles. The van der Waals surface area contributed by atoms with Gasteiger partial charge in [-0.3, -0.25) is 9.69 Å². The molecule has 1 rings (SSSR count). The third-order valence-electron chi connectivity index (χ3n) is 3.65. The number of piperidine rings is 1. The van der Waals surface area contributed by atoms with E-state index < -0.39 is 0 Å². The molecule has 1 aliphatic heterocycles. The highest BCUT2D eigenvalue weighted by Crippen LogP contribution is 2.22. The SMILES string of the molecule is CCCCC1CC(NCC)CN(CC(=O)OC)C1. The minimum Gasteiger partial charge on any atom is -0.468 e. The van der Waals surface area contributed by atoms with Crippen LogP contribution in [0.1, 0.15) is 39.5 Å². The van der Waals surface area contributed by atoms with Crippen LogP contribution in [-0.4, -0.2) is 50.2 Å². The lowest BCUT2D eigenvalue weighted by molar-refractivity contribution is -0.142. The summed E-state index contributed by atoms with van der Waals surface area (Å²) in [5, 5.41) is 3.52. The number of likely N-dealkylation sites (N-methyl/N-ethyl adjacent to an activating group) is 1. The van der Waals surface area contributed by atoms with E-state index in [1.807, 2.05) is 0 Å². The Morgan fingerprint density at radius 2 is 2.17 bits per heavy atom. The Labute approximate surface area is 111 Å². The largest absolute Gasteiger partial charge is 0.468 e. The number of carbonyl (C=O) groups excluding carboxylic acids is 1. The number of rotatable bonds is 7. The number of nitrogens with one attached hydrogen (secondary N) is 1. The molecule has 0 bridgehead atoms. The fourth-order valence-corrected chi connectivity index (χ4v) is 2.82. The van der Waals surface area contributed by atoms with Gasteiger partial charge in [0, 0.05) is 19.1 Å². The van der Waals surface area contributed by atoms with Gasteiger partial charge < -0.3 is 10.1 Å². The van der Waals surface area contributed by atoms with Crippen LogP contribution in [0, 0.1) is 5.92 Å². The molecule has 0 spiro atoms. The van der Waals surface area contributed by atoms with Gasteiger partial charge in [-0.05, 0) is 25.3 Å². The Kier molecular flexibility index (Phi) is 7.28. The summed E-state index contributed by atoms with van der Waals surface area (Å²) in [6.45, 7) is 7.80. The van der Waals surface area contributed by atoms with Gasteiger partial charge in [0.05, 0.1) is 13.7 Å². The van der Waals surface area contributed by atoms with E-state index >= 15 is 0 Å². The van der Waals surface area contributed by atoms with Crippen molar-refractivity contribution in [1.82, 2.24) is 10.2 Å². The van der Waals surface area contributed by atoms with Crippen LogP contribution in [0.15, 0.2) is 0 Å². The molecule has 18 heavy (non-hydrogen) atoms. The molecule has 1 aliphatic rings. The van der Waals surface area contributed by atoms with Crippen LogP contribution in [0.5, 0.6) is 0 Å². The molecule has 0 amide bonds. The summed E-state index contributed by atoms with van der Waals surface area (Å²) >= 11 is 0. The van der Waals surface area contributed by atoms with E-state index in [2.05, 4.69) is 24.1 Å². The minimum atomic E-state index is -0.124. The maximum Gasteiger partial charge on any atom is 0.319 e. The number of ether oxygens (including phenoxy) is 1. The van der Waals surface area contributed by atoms with Gasteiger partial charge in [0.25, 0.3) is 0 Å². The molecule has 0 aromatic heterocycles. The fraction of sp³-hybridized carbons (Fsp3) is 0.929. The quantitative estimate of drug-likeness (QED) is 0.703. The first-order chi connectivity index (χ1) is 8.69. The zero-order valence-electron chi connectivity index (χ0n) is 12.1. The van der Waals surface area contributed by atoms with Crippen LogP contribution < -0.4 is 5.32 Å². The van der Waals surface area contributed by atoms with Gasteiger partial charge in [-0.1, -0.05) is 26.7 Å². The monoisotopic (exact) mass is 256 g/mol. The van der Waals surface area contributed by atoms with E-state index in [9.17, 15) is 4.79 Å². The van der Waals surface area contributed by atoms with Crippen LogP contribution >= 0.6 is 0 Å². The second kappa shape index (κ2) is 8.48. The molecule has 1 heterocycles. The van der Waals surface area contributed by atoms with Crippen molar-refractivity contribution in [2.45, 2.75) is 45.6 Å². The second-order valence-electron chi connectivity index (χ2n) is 5.27. The molecule has 2 atom stereocenters. The Morgan fingerprint density at radius 1 is 1.39 bits per heavy atom. The molecule has 1 saturated heterocycles. The first kappa shape index (κ1) is 15.4. The Hall–Kier alpha value is -0.610. The molecule has 0 aromatic carbocycles. The minimum absolute atomic E-state index is 0.124. The summed E-state index contributed by atoms with van der Waals surface area (Å²) in [5.41, 5.74) is 0. The Bertz CT molecular complexity index is 246. The third kappa shape index (κ3) is 5.36. The second-order valence-corrected chi connectivity index (χ2v) is 5.27. The topological polar surface area (TPSA) is 41.6 Å². The molecule has 1 N–H and O–H groups in total. The van der Waals surface area contributed by atoms with E-state index in [4.69, 9.17) is 4.74 Å². The lowest BCUT2D eigenvalue weighted by Crippen LogP contribution is -2.50. The van der Waals surface area contributed by atoms with Crippen molar-refractivity contribution in [2.24, 2.45) is 5.92 Å². The van der Waals surface area contributed by atoms with Crippen molar-refractivity contribution in [2.75, 3.05) is 33.3 Å². The van der Waals surface area contributed by atoms with Gasteiger partial charge in [-0.25, -0.2) is 0 Å². The maximum atomic E-state index is 11.4. The Balaban J connectivity index is 2.47. The van der Waals surface area contributed by atoms with Crippen molar-refractivity contribution < 1.29 is 9.53 Å². The zero-order chi connectivity index (χ0) is 13.4. The summed E-state index contributed by atoms with van der Waals surface area (Å²) in [4.78, 5) is 13.6. The van der Waals surface area contributed by atoms with Crippen molar-refractivity contribution >= 4 is 5.97 Å². The van der Waals surface area contributed by atoms with Crippen molar-refractivity contribution in [3.63, 3.8) is 0 Å². The van der Waals surface area contributed by atoms with Crippen LogP contribution in [0.25, 0.3) is 0 Å². The lowest BCUT2D eigenvalue weighted by atomic mass is 9.90. The molecular formula is C14H28N2O2. The van der Waals surface area contributed by atoms with E-state index in [1.54, 1.807) is 0 Å². The number of likely N-dealkylation sites (tertiary alicyclic amines) is 1. The number of carbonyl (C=O) groups is 1. The van der Waals surface area contributed by atoms with Gasteiger partial charge >= 0.3 is 5.97 Å². The van der Waals surface area contributed by atoms with E-state index in [1.165, 1.54) is 32.8 Å². The van der Waals surface area contributed by atoms with Crippen LogP contribution in [0.2, 0.25) is 0 Å². The molecule has 106 valence electrons. The smallest absolute Gasteiger partial charge is 0.319 e. The predicted octanol–water partition coefficient (Wildman–Crippen LogP) is 1.65. The van der Waals surface area contributed by atoms with Gasteiger partial charge in [0.15, 0.2) is 0 Å². The molecular weight excluding hydrogens is 228 g/mol. The normalized spacial score (nSPS) is 25.1.